The van der Waals surface area contributed by atoms with Crippen molar-refractivity contribution in [1.29, 1.82) is 0 Å². The molecule has 0 bridgehead atoms. The van der Waals surface area contributed by atoms with E-state index in [2.05, 4.69) is 73.1 Å². The van der Waals surface area contributed by atoms with E-state index in [0.717, 1.165) is 22.9 Å². The molecular weight excluding hydrogens is 332 g/mol. The van der Waals surface area contributed by atoms with E-state index in [1.165, 1.54) is 22.3 Å². The third-order valence-corrected chi connectivity index (χ3v) is 4.86. The molecule has 2 aromatic rings. The average molecular weight is 352 g/mol. The van der Waals surface area contributed by atoms with Crippen LogP contribution in [0.2, 0.25) is 0 Å². The summed E-state index contributed by atoms with van der Waals surface area (Å²) in [5, 5.41) is -0.105. The molecule has 0 aliphatic carbocycles. The number of hydrogen-bond donors (Lipinski definition) is 0. The summed E-state index contributed by atoms with van der Waals surface area (Å²) in [6, 6.07) is 13.0. The first-order valence-corrected chi connectivity index (χ1v) is 8.31. The smallest absolute Gasteiger partial charge is 0.0849 e. The molecule has 0 saturated heterocycles. The van der Waals surface area contributed by atoms with Crippen molar-refractivity contribution >= 4 is 27.5 Å². The van der Waals surface area contributed by atoms with Crippen LogP contribution in [0.5, 0.6) is 0 Å². The summed E-state index contributed by atoms with van der Waals surface area (Å²) in [6.45, 7) is 6.45. The Morgan fingerprint density at radius 2 is 1.75 bits per heavy atom. The minimum Gasteiger partial charge on any atom is -0.113 e. The maximum Gasteiger partial charge on any atom is 0.0849 e. The second kappa shape index (κ2) is 6.78. The van der Waals surface area contributed by atoms with Gasteiger partial charge in [0.1, 0.15) is 0 Å². The minimum absolute atomic E-state index is 0.105. The van der Waals surface area contributed by atoms with Crippen LogP contribution < -0.4 is 0 Å². The molecule has 0 amide bonds. The Morgan fingerprint density at radius 1 is 1.00 bits per heavy atom. The second-order valence-corrected chi connectivity index (χ2v) is 6.42. The van der Waals surface area contributed by atoms with Crippen molar-refractivity contribution < 1.29 is 0 Å². The van der Waals surface area contributed by atoms with Crippen LogP contribution in [0.25, 0.3) is 0 Å². The lowest BCUT2D eigenvalue weighted by atomic mass is 9.94. The molecule has 2 rings (SSSR count). The van der Waals surface area contributed by atoms with Crippen molar-refractivity contribution in [2.24, 2.45) is 0 Å². The van der Waals surface area contributed by atoms with Crippen molar-refractivity contribution in [2.75, 3.05) is 0 Å². The molecule has 0 heterocycles. The number of aryl methyl sites for hydroxylation is 3. The molecule has 1 unspecified atom stereocenters. The molecule has 0 aromatic heterocycles. The fraction of sp³-hybridized carbons (Fsp3) is 0.333. The number of rotatable bonds is 4. The van der Waals surface area contributed by atoms with E-state index in [1.807, 2.05) is 0 Å². The van der Waals surface area contributed by atoms with Gasteiger partial charge in [-0.2, -0.15) is 0 Å². The van der Waals surface area contributed by atoms with Crippen molar-refractivity contribution in [3.63, 3.8) is 0 Å². The zero-order valence-electron chi connectivity index (χ0n) is 12.2. The molecular formula is C18H20BrCl. The van der Waals surface area contributed by atoms with Gasteiger partial charge in [-0.3, -0.25) is 0 Å². The van der Waals surface area contributed by atoms with E-state index in [1.54, 1.807) is 0 Å². The normalized spacial score (nSPS) is 12.4. The molecule has 0 radical (unpaired) electrons. The topological polar surface area (TPSA) is 0 Å². The summed E-state index contributed by atoms with van der Waals surface area (Å²) < 4.78 is 1.08. The molecule has 0 spiro atoms. The van der Waals surface area contributed by atoms with Gasteiger partial charge in [-0.15, -0.1) is 11.6 Å². The van der Waals surface area contributed by atoms with Crippen molar-refractivity contribution in [3.05, 3.63) is 68.7 Å². The summed E-state index contributed by atoms with van der Waals surface area (Å²) >= 11 is 10.4. The average Bonchev–Trinajstić information content (AvgIpc) is 2.46. The molecule has 20 heavy (non-hydrogen) atoms. The van der Waals surface area contributed by atoms with Gasteiger partial charge in [0, 0.05) is 4.47 Å². The first-order chi connectivity index (χ1) is 9.56. The standard InChI is InChI=1S/C18H20BrCl/c1-4-13-7-8-14(5-2)16(11-13)18(20)15-9-6-12(3)10-17(15)19/h6-11,18H,4-5H2,1-3H3. The summed E-state index contributed by atoms with van der Waals surface area (Å²) in [6.07, 6.45) is 2.04. The third kappa shape index (κ3) is 3.27. The molecule has 1 atom stereocenters. The van der Waals surface area contributed by atoms with Gasteiger partial charge in [-0.25, -0.2) is 0 Å². The van der Waals surface area contributed by atoms with Crippen LogP contribution in [0.4, 0.5) is 0 Å². The molecule has 106 valence electrons. The van der Waals surface area contributed by atoms with Gasteiger partial charge in [0.2, 0.25) is 0 Å². The van der Waals surface area contributed by atoms with Crippen LogP contribution in [0.15, 0.2) is 40.9 Å². The third-order valence-electron chi connectivity index (χ3n) is 3.70. The molecule has 0 aliphatic heterocycles. The Balaban J connectivity index is 2.48. The zero-order chi connectivity index (χ0) is 14.7. The van der Waals surface area contributed by atoms with E-state index >= 15 is 0 Å². The van der Waals surface area contributed by atoms with E-state index < -0.39 is 0 Å². The fourth-order valence-corrected chi connectivity index (χ4v) is 3.67. The van der Waals surface area contributed by atoms with Gasteiger partial charge in [0.05, 0.1) is 5.38 Å². The molecule has 0 saturated carbocycles. The number of hydrogen-bond acceptors (Lipinski definition) is 0. The zero-order valence-corrected chi connectivity index (χ0v) is 14.6. The molecule has 0 aliphatic rings. The first-order valence-electron chi connectivity index (χ1n) is 7.08. The van der Waals surface area contributed by atoms with Crippen molar-refractivity contribution in [3.8, 4) is 0 Å². The highest BCUT2D eigenvalue weighted by Gasteiger charge is 2.17. The van der Waals surface area contributed by atoms with E-state index in [0.29, 0.717) is 0 Å². The van der Waals surface area contributed by atoms with Gasteiger partial charge in [0.25, 0.3) is 0 Å². The quantitative estimate of drug-likeness (QED) is 0.574. The van der Waals surface area contributed by atoms with Crippen LogP contribution in [0.3, 0.4) is 0 Å². The summed E-state index contributed by atoms with van der Waals surface area (Å²) in [5.41, 5.74) is 6.28. The highest BCUT2D eigenvalue weighted by Crippen LogP contribution is 2.36. The highest BCUT2D eigenvalue weighted by molar-refractivity contribution is 9.10. The largest absolute Gasteiger partial charge is 0.113 e. The number of alkyl halides is 1. The monoisotopic (exact) mass is 350 g/mol. The lowest BCUT2D eigenvalue weighted by Gasteiger charge is -2.17. The molecule has 2 aromatic carbocycles. The van der Waals surface area contributed by atoms with Gasteiger partial charge in [0.15, 0.2) is 0 Å². The SMILES string of the molecule is CCc1ccc(CC)c(C(Cl)c2ccc(C)cc2Br)c1. The molecule has 0 fully saturated rings. The van der Waals surface area contributed by atoms with Gasteiger partial charge in [-0.1, -0.05) is 60.1 Å². The fourth-order valence-electron chi connectivity index (χ4n) is 2.43. The lowest BCUT2D eigenvalue weighted by molar-refractivity contribution is 1.01. The summed E-state index contributed by atoms with van der Waals surface area (Å²) in [5.74, 6) is 0. The maximum absolute atomic E-state index is 6.77. The van der Waals surface area contributed by atoms with E-state index in [-0.39, 0.29) is 5.38 Å². The Labute approximate surface area is 135 Å². The second-order valence-electron chi connectivity index (χ2n) is 5.13. The predicted octanol–water partition coefficient (Wildman–Crippen LogP) is 6.21. The van der Waals surface area contributed by atoms with Crippen LogP contribution in [-0.2, 0) is 12.8 Å². The number of benzene rings is 2. The Hall–Kier alpha value is -0.790. The van der Waals surface area contributed by atoms with E-state index in [4.69, 9.17) is 11.6 Å². The predicted molar refractivity (Wildman–Crippen MR) is 91.8 cm³/mol. The van der Waals surface area contributed by atoms with Crippen molar-refractivity contribution in [2.45, 2.75) is 39.0 Å². The summed E-state index contributed by atoms with van der Waals surface area (Å²) in [7, 11) is 0. The van der Waals surface area contributed by atoms with Crippen LogP contribution >= 0.6 is 27.5 Å². The lowest BCUT2D eigenvalue weighted by Crippen LogP contribution is -2.01. The van der Waals surface area contributed by atoms with E-state index in [9.17, 15) is 0 Å². The number of halogens is 2. The Kier molecular flexibility index (Phi) is 5.29. The molecule has 0 N–H and O–H groups in total. The maximum atomic E-state index is 6.77. The van der Waals surface area contributed by atoms with Crippen molar-refractivity contribution in [1.82, 2.24) is 0 Å². The minimum atomic E-state index is -0.105. The Morgan fingerprint density at radius 3 is 2.35 bits per heavy atom. The Bertz CT molecular complexity index is 604. The summed E-state index contributed by atoms with van der Waals surface area (Å²) in [4.78, 5) is 0. The first kappa shape index (κ1) is 15.6. The van der Waals surface area contributed by atoms with Gasteiger partial charge in [-0.05, 0) is 53.6 Å². The van der Waals surface area contributed by atoms with Crippen LogP contribution in [-0.4, -0.2) is 0 Å². The van der Waals surface area contributed by atoms with Crippen LogP contribution in [0, 0.1) is 6.92 Å². The molecule has 0 nitrogen and oxygen atoms in total. The van der Waals surface area contributed by atoms with Gasteiger partial charge < -0.3 is 0 Å². The van der Waals surface area contributed by atoms with Crippen LogP contribution in [0.1, 0.15) is 47.0 Å². The highest BCUT2D eigenvalue weighted by atomic mass is 79.9. The van der Waals surface area contributed by atoms with Gasteiger partial charge >= 0.3 is 0 Å². The molecule has 2 heteroatoms.